The second-order valence-electron chi connectivity index (χ2n) is 3.83. The van der Waals surface area contributed by atoms with Gasteiger partial charge in [-0.15, -0.1) is 0 Å². The molecule has 0 aromatic carbocycles. The number of alkyl halides is 3. The first kappa shape index (κ1) is 12.8. The number of nitrogens with zero attached hydrogens (tertiary/aromatic N) is 1. The number of piperidine rings is 1. The van der Waals surface area contributed by atoms with Crippen LogP contribution in [0.5, 0.6) is 0 Å². The van der Waals surface area contributed by atoms with Gasteiger partial charge in [0, 0.05) is 13.5 Å². The summed E-state index contributed by atoms with van der Waals surface area (Å²) < 4.78 is 37.8. The number of carbonyl (C=O) groups is 2. The molecule has 16 heavy (non-hydrogen) atoms. The Bertz CT molecular complexity index is 303. The summed E-state index contributed by atoms with van der Waals surface area (Å²) in [5, 5.41) is 8.68. The molecule has 0 aromatic heterocycles. The van der Waals surface area contributed by atoms with E-state index in [-0.39, 0.29) is 13.0 Å². The second-order valence-corrected chi connectivity index (χ2v) is 3.83. The molecule has 2 atom stereocenters. The summed E-state index contributed by atoms with van der Waals surface area (Å²) in [4.78, 5) is 22.3. The SMILES string of the molecule is CC(=O)N1CC[C@H](C(=O)O)C[C@@H]1C(F)(F)F. The van der Waals surface area contributed by atoms with Crippen LogP contribution in [0.2, 0.25) is 0 Å². The van der Waals surface area contributed by atoms with Gasteiger partial charge in [0.25, 0.3) is 0 Å². The molecule has 1 fully saturated rings. The summed E-state index contributed by atoms with van der Waals surface area (Å²) in [5.41, 5.74) is 0. The fourth-order valence-electron chi connectivity index (χ4n) is 1.88. The Kier molecular flexibility index (Phi) is 3.44. The first-order valence-corrected chi connectivity index (χ1v) is 4.80. The standard InChI is InChI=1S/C9H12F3NO3/c1-5(14)13-3-2-6(8(15)16)4-7(13)9(10,11)12/h6-7H,2-4H2,1H3,(H,15,16)/t6-,7+/m0/s1. The number of hydrogen-bond donors (Lipinski definition) is 1. The van der Waals surface area contributed by atoms with Gasteiger partial charge in [0.2, 0.25) is 5.91 Å². The summed E-state index contributed by atoms with van der Waals surface area (Å²) in [6.45, 7) is 0.899. The number of amides is 1. The van der Waals surface area contributed by atoms with Crippen molar-refractivity contribution in [3.63, 3.8) is 0 Å². The Morgan fingerprint density at radius 2 is 1.94 bits per heavy atom. The van der Waals surface area contributed by atoms with Crippen molar-refractivity contribution in [1.82, 2.24) is 4.90 Å². The Labute approximate surface area is 90.0 Å². The molecule has 1 saturated heterocycles. The monoisotopic (exact) mass is 239 g/mol. The van der Waals surface area contributed by atoms with Crippen LogP contribution >= 0.6 is 0 Å². The predicted molar refractivity (Wildman–Crippen MR) is 47.6 cm³/mol. The summed E-state index contributed by atoms with van der Waals surface area (Å²) >= 11 is 0. The fourth-order valence-corrected chi connectivity index (χ4v) is 1.88. The minimum absolute atomic E-state index is 0.0709. The lowest BCUT2D eigenvalue weighted by molar-refractivity contribution is -0.200. The van der Waals surface area contributed by atoms with Crippen molar-refractivity contribution >= 4 is 11.9 Å². The van der Waals surface area contributed by atoms with Gasteiger partial charge in [-0.05, 0) is 12.8 Å². The number of aliphatic carboxylic acids is 1. The zero-order chi connectivity index (χ0) is 12.5. The molecule has 0 aromatic rings. The molecule has 1 N–H and O–H groups in total. The highest BCUT2D eigenvalue weighted by Gasteiger charge is 2.48. The van der Waals surface area contributed by atoms with Gasteiger partial charge in [-0.3, -0.25) is 9.59 Å². The highest BCUT2D eigenvalue weighted by atomic mass is 19.4. The maximum Gasteiger partial charge on any atom is 0.408 e. The van der Waals surface area contributed by atoms with E-state index in [1.165, 1.54) is 0 Å². The summed E-state index contributed by atoms with van der Waals surface area (Å²) in [7, 11) is 0. The van der Waals surface area contributed by atoms with E-state index in [1.807, 2.05) is 0 Å². The van der Waals surface area contributed by atoms with Gasteiger partial charge in [0.1, 0.15) is 6.04 Å². The lowest BCUT2D eigenvalue weighted by Gasteiger charge is -2.38. The van der Waals surface area contributed by atoms with Crippen LogP contribution in [0.4, 0.5) is 13.2 Å². The average Bonchev–Trinajstić information content (AvgIpc) is 2.15. The van der Waals surface area contributed by atoms with Crippen molar-refractivity contribution in [2.75, 3.05) is 6.54 Å². The smallest absolute Gasteiger partial charge is 0.408 e. The first-order valence-electron chi connectivity index (χ1n) is 4.80. The molecular weight excluding hydrogens is 227 g/mol. The number of carboxylic acids is 1. The van der Waals surface area contributed by atoms with Crippen molar-refractivity contribution in [3.8, 4) is 0 Å². The molecule has 1 aliphatic rings. The number of hydrogen-bond acceptors (Lipinski definition) is 2. The largest absolute Gasteiger partial charge is 0.481 e. The molecule has 0 bridgehead atoms. The quantitative estimate of drug-likeness (QED) is 0.749. The van der Waals surface area contributed by atoms with E-state index >= 15 is 0 Å². The molecule has 4 nitrogen and oxygen atoms in total. The molecule has 0 radical (unpaired) electrons. The molecule has 92 valence electrons. The van der Waals surface area contributed by atoms with Crippen LogP contribution in [0.15, 0.2) is 0 Å². The van der Waals surface area contributed by atoms with Gasteiger partial charge in [-0.1, -0.05) is 0 Å². The Balaban J connectivity index is 2.86. The van der Waals surface area contributed by atoms with Crippen LogP contribution in [0.1, 0.15) is 19.8 Å². The van der Waals surface area contributed by atoms with Gasteiger partial charge < -0.3 is 10.0 Å². The topological polar surface area (TPSA) is 57.6 Å². The van der Waals surface area contributed by atoms with Crippen LogP contribution < -0.4 is 0 Å². The Morgan fingerprint density at radius 3 is 2.31 bits per heavy atom. The summed E-state index contributed by atoms with van der Waals surface area (Å²) in [6, 6.07) is -1.97. The van der Waals surface area contributed by atoms with Crippen LogP contribution in [0.3, 0.4) is 0 Å². The van der Waals surface area contributed by atoms with Crippen molar-refractivity contribution in [2.24, 2.45) is 5.92 Å². The van der Waals surface area contributed by atoms with Gasteiger partial charge in [-0.2, -0.15) is 13.2 Å². The highest BCUT2D eigenvalue weighted by Crippen LogP contribution is 2.34. The zero-order valence-corrected chi connectivity index (χ0v) is 8.62. The van der Waals surface area contributed by atoms with E-state index in [2.05, 4.69) is 0 Å². The van der Waals surface area contributed by atoms with E-state index < -0.39 is 36.4 Å². The molecule has 1 amide bonds. The zero-order valence-electron chi connectivity index (χ0n) is 8.62. The van der Waals surface area contributed by atoms with Crippen LogP contribution in [0.25, 0.3) is 0 Å². The normalized spacial score (nSPS) is 26.6. The van der Waals surface area contributed by atoms with E-state index in [0.29, 0.717) is 4.90 Å². The van der Waals surface area contributed by atoms with Crippen molar-refractivity contribution in [1.29, 1.82) is 0 Å². The molecule has 1 heterocycles. The van der Waals surface area contributed by atoms with Gasteiger partial charge in [0.05, 0.1) is 5.92 Å². The third-order valence-corrected chi connectivity index (χ3v) is 2.73. The minimum atomic E-state index is -4.57. The number of likely N-dealkylation sites (tertiary alicyclic amines) is 1. The summed E-state index contributed by atoms with van der Waals surface area (Å²) in [6.07, 6.45) is -5.06. The molecule has 0 saturated carbocycles. The van der Waals surface area contributed by atoms with Crippen molar-refractivity contribution in [3.05, 3.63) is 0 Å². The summed E-state index contributed by atoms with van der Waals surface area (Å²) in [5.74, 6) is -2.94. The molecule has 0 aliphatic carbocycles. The number of rotatable bonds is 1. The molecule has 0 spiro atoms. The third-order valence-electron chi connectivity index (χ3n) is 2.73. The number of carbonyl (C=O) groups excluding carboxylic acids is 1. The third kappa shape index (κ3) is 2.65. The minimum Gasteiger partial charge on any atom is -0.481 e. The van der Waals surface area contributed by atoms with Crippen LogP contribution in [-0.2, 0) is 9.59 Å². The van der Waals surface area contributed by atoms with Crippen LogP contribution in [-0.4, -0.2) is 40.6 Å². The number of carboxylic acid groups (broad SMARTS) is 1. The predicted octanol–water partition coefficient (Wildman–Crippen LogP) is 1.26. The molecule has 1 rings (SSSR count). The van der Waals surface area contributed by atoms with Crippen LogP contribution in [0, 0.1) is 5.92 Å². The lowest BCUT2D eigenvalue weighted by atomic mass is 9.90. The van der Waals surface area contributed by atoms with Gasteiger partial charge >= 0.3 is 12.1 Å². The Hall–Kier alpha value is -1.27. The number of halogens is 3. The molecule has 0 unspecified atom stereocenters. The maximum absolute atomic E-state index is 12.6. The van der Waals surface area contributed by atoms with Gasteiger partial charge in [-0.25, -0.2) is 0 Å². The molecule has 1 aliphatic heterocycles. The first-order chi connectivity index (χ1) is 7.23. The van der Waals surface area contributed by atoms with E-state index in [0.717, 1.165) is 6.92 Å². The van der Waals surface area contributed by atoms with E-state index in [9.17, 15) is 22.8 Å². The van der Waals surface area contributed by atoms with E-state index in [4.69, 9.17) is 5.11 Å². The second kappa shape index (κ2) is 4.31. The molecular formula is C9H12F3NO3. The van der Waals surface area contributed by atoms with E-state index in [1.54, 1.807) is 0 Å². The molecule has 7 heteroatoms. The maximum atomic E-state index is 12.6. The fraction of sp³-hybridized carbons (Fsp3) is 0.778. The average molecular weight is 239 g/mol. The van der Waals surface area contributed by atoms with Gasteiger partial charge in [0.15, 0.2) is 0 Å². The van der Waals surface area contributed by atoms with Crippen molar-refractivity contribution in [2.45, 2.75) is 32.0 Å². The van der Waals surface area contributed by atoms with Crippen molar-refractivity contribution < 1.29 is 27.9 Å². The Morgan fingerprint density at radius 1 is 1.38 bits per heavy atom. The highest BCUT2D eigenvalue weighted by molar-refractivity contribution is 5.75. The lowest BCUT2D eigenvalue weighted by Crippen LogP contribution is -2.53.